The molecule has 1 aromatic carbocycles. The fourth-order valence-electron chi connectivity index (χ4n) is 2.30. The van der Waals surface area contributed by atoms with Crippen molar-refractivity contribution in [3.63, 3.8) is 0 Å². The second-order valence-corrected chi connectivity index (χ2v) is 5.10. The summed E-state index contributed by atoms with van der Waals surface area (Å²) < 4.78 is 5.35. The van der Waals surface area contributed by atoms with Gasteiger partial charge in [0.25, 0.3) is 0 Å². The molecule has 0 atom stereocenters. The standard InChI is InChI=1S/C16H18N4O2/c1-12(21)13-2-4-14(5-3-13)18-16-17-7-6-15(19-16)20-8-10-22-11-9-20/h2-7H,8-11H2,1H3,(H,17,18,19). The van der Waals surface area contributed by atoms with Crippen LogP contribution in [0.4, 0.5) is 17.5 Å². The lowest BCUT2D eigenvalue weighted by Crippen LogP contribution is -2.36. The fourth-order valence-corrected chi connectivity index (χ4v) is 2.30. The monoisotopic (exact) mass is 298 g/mol. The normalized spacial score (nSPS) is 14.7. The predicted octanol–water partition coefficient (Wildman–Crippen LogP) is 2.26. The number of ketones is 1. The van der Waals surface area contributed by atoms with Crippen LogP contribution in [-0.2, 0) is 4.74 Å². The zero-order chi connectivity index (χ0) is 15.4. The average Bonchev–Trinajstić information content (AvgIpc) is 2.56. The molecule has 0 amide bonds. The topological polar surface area (TPSA) is 67.4 Å². The Morgan fingerprint density at radius 1 is 1.18 bits per heavy atom. The van der Waals surface area contributed by atoms with Crippen molar-refractivity contribution in [3.05, 3.63) is 42.1 Å². The first-order chi connectivity index (χ1) is 10.7. The zero-order valence-corrected chi connectivity index (χ0v) is 12.5. The fraction of sp³-hybridized carbons (Fsp3) is 0.312. The molecule has 0 bridgehead atoms. The molecule has 1 N–H and O–H groups in total. The number of benzene rings is 1. The van der Waals surface area contributed by atoms with Crippen molar-refractivity contribution >= 4 is 23.2 Å². The van der Waals surface area contributed by atoms with Gasteiger partial charge in [-0.3, -0.25) is 4.79 Å². The number of Topliss-reactive ketones (excluding diaryl/α,β-unsaturated/α-hetero) is 1. The van der Waals surface area contributed by atoms with Gasteiger partial charge >= 0.3 is 0 Å². The van der Waals surface area contributed by atoms with Crippen molar-refractivity contribution in [2.45, 2.75) is 6.92 Å². The van der Waals surface area contributed by atoms with Gasteiger partial charge in [-0.25, -0.2) is 4.98 Å². The van der Waals surface area contributed by atoms with Gasteiger partial charge in [0.1, 0.15) is 5.82 Å². The molecule has 1 aliphatic rings. The molecule has 2 heterocycles. The minimum atomic E-state index is 0.0529. The van der Waals surface area contributed by atoms with E-state index in [0.717, 1.165) is 37.8 Å². The lowest BCUT2D eigenvalue weighted by Gasteiger charge is -2.27. The van der Waals surface area contributed by atoms with Gasteiger partial charge in [0, 0.05) is 30.5 Å². The van der Waals surface area contributed by atoms with Gasteiger partial charge in [-0.1, -0.05) is 0 Å². The first-order valence-corrected chi connectivity index (χ1v) is 7.26. The minimum absolute atomic E-state index is 0.0529. The summed E-state index contributed by atoms with van der Waals surface area (Å²) in [7, 11) is 0. The molecule has 2 aromatic rings. The number of nitrogens with one attached hydrogen (secondary N) is 1. The lowest BCUT2D eigenvalue weighted by molar-refractivity contribution is 0.101. The number of morpholine rings is 1. The van der Waals surface area contributed by atoms with Gasteiger partial charge in [0.2, 0.25) is 5.95 Å². The van der Waals surface area contributed by atoms with Crippen molar-refractivity contribution in [1.82, 2.24) is 9.97 Å². The summed E-state index contributed by atoms with van der Waals surface area (Å²) in [6.45, 7) is 4.67. The van der Waals surface area contributed by atoms with Gasteiger partial charge < -0.3 is 15.0 Å². The summed E-state index contributed by atoms with van der Waals surface area (Å²) in [5, 5.41) is 3.16. The Balaban J connectivity index is 1.73. The smallest absolute Gasteiger partial charge is 0.229 e. The maximum absolute atomic E-state index is 11.3. The molecule has 22 heavy (non-hydrogen) atoms. The van der Waals surface area contributed by atoms with Crippen LogP contribution in [0.1, 0.15) is 17.3 Å². The van der Waals surface area contributed by atoms with E-state index in [1.54, 1.807) is 25.3 Å². The van der Waals surface area contributed by atoms with Crippen molar-refractivity contribution in [2.24, 2.45) is 0 Å². The van der Waals surface area contributed by atoms with E-state index in [4.69, 9.17) is 4.74 Å². The second-order valence-electron chi connectivity index (χ2n) is 5.10. The molecule has 1 aliphatic heterocycles. The molecule has 114 valence electrons. The number of anilines is 3. The summed E-state index contributed by atoms with van der Waals surface area (Å²) in [6, 6.07) is 9.17. The Hall–Kier alpha value is -2.47. The van der Waals surface area contributed by atoms with E-state index in [-0.39, 0.29) is 5.78 Å². The van der Waals surface area contributed by atoms with Crippen LogP contribution in [0.3, 0.4) is 0 Å². The van der Waals surface area contributed by atoms with Gasteiger partial charge in [-0.15, -0.1) is 0 Å². The highest BCUT2D eigenvalue weighted by Gasteiger charge is 2.13. The van der Waals surface area contributed by atoms with E-state index in [9.17, 15) is 4.79 Å². The Kier molecular flexibility index (Phi) is 4.29. The summed E-state index contributed by atoms with van der Waals surface area (Å²) >= 11 is 0. The van der Waals surface area contributed by atoms with Crippen molar-refractivity contribution in [1.29, 1.82) is 0 Å². The number of hydrogen-bond acceptors (Lipinski definition) is 6. The molecule has 0 unspecified atom stereocenters. The zero-order valence-electron chi connectivity index (χ0n) is 12.5. The molecule has 1 fully saturated rings. The van der Waals surface area contributed by atoms with Crippen LogP contribution >= 0.6 is 0 Å². The third-order valence-corrected chi connectivity index (χ3v) is 3.52. The number of carbonyl (C=O) groups excluding carboxylic acids is 1. The van der Waals surface area contributed by atoms with Crippen LogP contribution in [0.15, 0.2) is 36.5 Å². The largest absolute Gasteiger partial charge is 0.378 e. The van der Waals surface area contributed by atoms with Crippen LogP contribution in [0, 0.1) is 0 Å². The first-order valence-electron chi connectivity index (χ1n) is 7.26. The molecule has 6 nitrogen and oxygen atoms in total. The van der Waals surface area contributed by atoms with Crippen LogP contribution in [0.2, 0.25) is 0 Å². The molecule has 0 saturated carbocycles. The Bertz CT molecular complexity index is 651. The van der Waals surface area contributed by atoms with E-state index < -0.39 is 0 Å². The summed E-state index contributed by atoms with van der Waals surface area (Å²) in [5.41, 5.74) is 1.54. The highest BCUT2D eigenvalue weighted by molar-refractivity contribution is 5.94. The van der Waals surface area contributed by atoms with Crippen LogP contribution in [0.25, 0.3) is 0 Å². The SMILES string of the molecule is CC(=O)c1ccc(Nc2nccc(N3CCOCC3)n2)cc1. The average molecular weight is 298 g/mol. The molecular weight excluding hydrogens is 280 g/mol. The Labute approximate surface area is 129 Å². The Morgan fingerprint density at radius 3 is 2.59 bits per heavy atom. The summed E-state index contributed by atoms with van der Waals surface area (Å²) in [5.74, 6) is 1.48. The van der Waals surface area contributed by atoms with E-state index in [1.165, 1.54) is 0 Å². The van der Waals surface area contributed by atoms with Gasteiger partial charge in [-0.05, 0) is 37.3 Å². The third kappa shape index (κ3) is 3.40. The third-order valence-electron chi connectivity index (χ3n) is 3.52. The number of ether oxygens (including phenoxy) is 1. The minimum Gasteiger partial charge on any atom is -0.378 e. The first kappa shape index (κ1) is 14.5. The number of carbonyl (C=O) groups is 1. The Morgan fingerprint density at radius 2 is 1.91 bits per heavy atom. The summed E-state index contributed by atoms with van der Waals surface area (Å²) in [4.78, 5) is 22.2. The molecule has 0 aliphatic carbocycles. The predicted molar refractivity (Wildman–Crippen MR) is 84.8 cm³/mol. The van der Waals surface area contributed by atoms with Crippen molar-refractivity contribution in [2.75, 3.05) is 36.5 Å². The van der Waals surface area contributed by atoms with Crippen LogP contribution in [-0.4, -0.2) is 42.1 Å². The van der Waals surface area contributed by atoms with Gasteiger partial charge in [-0.2, -0.15) is 4.98 Å². The second kappa shape index (κ2) is 6.53. The highest BCUT2D eigenvalue weighted by atomic mass is 16.5. The number of aromatic nitrogens is 2. The van der Waals surface area contributed by atoms with E-state index >= 15 is 0 Å². The van der Waals surface area contributed by atoms with Gasteiger partial charge in [0.15, 0.2) is 5.78 Å². The maximum atomic E-state index is 11.3. The maximum Gasteiger partial charge on any atom is 0.229 e. The molecule has 0 radical (unpaired) electrons. The molecule has 1 aromatic heterocycles. The highest BCUT2D eigenvalue weighted by Crippen LogP contribution is 2.18. The molecular formula is C16H18N4O2. The number of nitrogens with zero attached hydrogens (tertiary/aromatic N) is 3. The van der Waals surface area contributed by atoms with Crippen LogP contribution < -0.4 is 10.2 Å². The number of rotatable bonds is 4. The van der Waals surface area contributed by atoms with Gasteiger partial charge in [0.05, 0.1) is 13.2 Å². The summed E-state index contributed by atoms with van der Waals surface area (Å²) in [6.07, 6.45) is 1.74. The van der Waals surface area contributed by atoms with Crippen LogP contribution in [0.5, 0.6) is 0 Å². The molecule has 3 rings (SSSR count). The van der Waals surface area contributed by atoms with E-state index in [1.807, 2.05) is 18.2 Å². The number of hydrogen-bond donors (Lipinski definition) is 1. The lowest BCUT2D eigenvalue weighted by atomic mass is 10.1. The van der Waals surface area contributed by atoms with E-state index in [2.05, 4.69) is 20.2 Å². The molecule has 0 spiro atoms. The quantitative estimate of drug-likeness (QED) is 0.873. The van der Waals surface area contributed by atoms with E-state index in [0.29, 0.717) is 11.5 Å². The molecule has 1 saturated heterocycles. The van der Waals surface area contributed by atoms with Crippen molar-refractivity contribution < 1.29 is 9.53 Å². The molecule has 6 heteroatoms. The van der Waals surface area contributed by atoms with Crippen molar-refractivity contribution in [3.8, 4) is 0 Å².